The van der Waals surface area contributed by atoms with Crippen LogP contribution in [-0.2, 0) is 4.79 Å². The predicted octanol–water partition coefficient (Wildman–Crippen LogP) is 4.57. The predicted molar refractivity (Wildman–Crippen MR) is 99.8 cm³/mol. The van der Waals surface area contributed by atoms with Crippen LogP contribution in [0.5, 0.6) is 0 Å². The fraction of sp³-hybridized carbons (Fsp3) is 0.263. The topological polar surface area (TPSA) is 70.2 Å². The number of rotatable bonds is 5. The van der Waals surface area contributed by atoms with Crippen molar-refractivity contribution in [1.29, 1.82) is 0 Å². The number of halogens is 1. The minimum atomic E-state index is -0.291. The highest BCUT2D eigenvalue weighted by atomic mass is 35.5. The number of hydrogen-bond donors (Lipinski definition) is 3. The van der Waals surface area contributed by atoms with Gasteiger partial charge in [0.05, 0.1) is 6.04 Å². The highest BCUT2D eigenvalue weighted by molar-refractivity contribution is 6.30. The molecule has 1 fully saturated rings. The van der Waals surface area contributed by atoms with Gasteiger partial charge in [-0.2, -0.15) is 0 Å². The first-order valence-corrected chi connectivity index (χ1v) is 8.63. The molecule has 5 nitrogen and oxygen atoms in total. The van der Waals surface area contributed by atoms with Crippen molar-refractivity contribution in [3.63, 3.8) is 0 Å². The van der Waals surface area contributed by atoms with Crippen molar-refractivity contribution in [2.24, 2.45) is 5.92 Å². The molecule has 1 aliphatic rings. The van der Waals surface area contributed by atoms with Gasteiger partial charge in [0.2, 0.25) is 5.91 Å². The molecule has 3 rings (SSSR count). The van der Waals surface area contributed by atoms with E-state index in [1.807, 2.05) is 31.2 Å². The van der Waals surface area contributed by atoms with Crippen molar-refractivity contribution in [2.45, 2.75) is 25.8 Å². The van der Waals surface area contributed by atoms with Gasteiger partial charge in [0.15, 0.2) is 0 Å². The largest absolute Gasteiger partial charge is 0.331 e. The zero-order valence-electron chi connectivity index (χ0n) is 13.9. The Morgan fingerprint density at radius 2 is 1.52 bits per heavy atom. The summed E-state index contributed by atoms with van der Waals surface area (Å²) in [7, 11) is 0. The number of benzene rings is 2. The Morgan fingerprint density at radius 1 is 0.960 bits per heavy atom. The van der Waals surface area contributed by atoms with Crippen LogP contribution < -0.4 is 16.0 Å². The first kappa shape index (κ1) is 17.3. The van der Waals surface area contributed by atoms with E-state index in [9.17, 15) is 9.59 Å². The summed E-state index contributed by atoms with van der Waals surface area (Å²) in [5, 5.41) is 9.16. The van der Waals surface area contributed by atoms with Gasteiger partial charge in [-0.15, -0.1) is 0 Å². The standard InChI is InChI=1S/C19H20ClN3O2/c1-12(21-19(25)23-17-10-6-15(20)7-11-17)13-4-8-16(9-5-13)22-18(24)14-2-3-14/h4-12,14H,2-3H2,1H3,(H,22,24)(H2,21,23,25). The molecule has 6 heteroatoms. The SMILES string of the molecule is CC(NC(=O)Nc1ccc(Cl)cc1)c1ccc(NC(=O)C2CC2)cc1. The van der Waals surface area contributed by atoms with Crippen LogP contribution in [0.2, 0.25) is 5.02 Å². The van der Waals surface area contributed by atoms with Gasteiger partial charge in [-0.1, -0.05) is 23.7 Å². The molecule has 0 bridgehead atoms. The molecular weight excluding hydrogens is 338 g/mol. The van der Waals surface area contributed by atoms with Crippen LogP contribution in [0.4, 0.5) is 16.2 Å². The molecule has 1 atom stereocenters. The average molecular weight is 358 g/mol. The van der Waals surface area contributed by atoms with Gasteiger partial charge in [-0.05, 0) is 61.7 Å². The second-order valence-corrected chi connectivity index (χ2v) is 6.65. The molecule has 3 amide bonds. The van der Waals surface area contributed by atoms with E-state index in [1.165, 1.54) is 0 Å². The van der Waals surface area contributed by atoms with Crippen LogP contribution in [0.3, 0.4) is 0 Å². The van der Waals surface area contributed by atoms with Crippen molar-refractivity contribution < 1.29 is 9.59 Å². The molecule has 0 radical (unpaired) electrons. The summed E-state index contributed by atoms with van der Waals surface area (Å²) in [6.45, 7) is 1.90. The Kier molecular flexibility index (Phi) is 5.24. The zero-order valence-corrected chi connectivity index (χ0v) is 14.6. The van der Waals surface area contributed by atoms with Gasteiger partial charge in [-0.3, -0.25) is 4.79 Å². The summed E-state index contributed by atoms with van der Waals surface area (Å²) in [5.74, 6) is 0.262. The average Bonchev–Trinajstić information content (AvgIpc) is 3.42. The quantitative estimate of drug-likeness (QED) is 0.733. The van der Waals surface area contributed by atoms with Gasteiger partial charge in [0.1, 0.15) is 0 Å². The normalized spacial score (nSPS) is 14.5. The fourth-order valence-electron chi connectivity index (χ4n) is 2.43. The highest BCUT2D eigenvalue weighted by Gasteiger charge is 2.29. The van der Waals surface area contributed by atoms with Crippen LogP contribution in [0.15, 0.2) is 48.5 Å². The van der Waals surface area contributed by atoms with E-state index in [0.717, 1.165) is 24.1 Å². The molecule has 0 heterocycles. The van der Waals surface area contributed by atoms with E-state index >= 15 is 0 Å². The van der Waals surface area contributed by atoms with Gasteiger partial charge in [0, 0.05) is 22.3 Å². The van der Waals surface area contributed by atoms with Gasteiger partial charge in [0.25, 0.3) is 0 Å². The first-order chi connectivity index (χ1) is 12.0. The molecular formula is C19H20ClN3O2. The lowest BCUT2D eigenvalue weighted by Gasteiger charge is -2.16. The molecule has 130 valence electrons. The Morgan fingerprint density at radius 3 is 2.12 bits per heavy atom. The Labute approximate surface area is 151 Å². The Bertz CT molecular complexity index is 755. The number of hydrogen-bond acceptors (Lipinski definition) is 2. The molecule has 3 N–H and O–H groups in total. The maximum atomic E-state index is 12.1. The molecule has 0 spiro atoms. The van der Waals surface area contributed by atoms with E-state index < -0.39 is 0 Å². The number of amides is 3. The lowest BCUT2D eigenvalue weighted by molar-refractivity contribution is -0.117. The molecule has 25 heavy (non-hydrogen) atoms. The summed E-state index contributed by atoms with van der Waals surface area (Å²) >= 11 is 5.82. The third kappa shape index (κ3) is 4.97. The van der Waals surface area contributed by atoms with E-state index in [1.54, 1.807) is 24.3 Å². The summed E-state index contributed by atoms with van der Waals surface area (Å²) in [4.78, 5) is 23.8. The first-order valence-electron chi connectivity index (χ1n) is 8.25. The van der Waals surface area contributed by atoms with Gasteiger partial charge in [-0.25, -0.2) is 4.79 Å². The van der Waals surface area contributed by atoms with Crippen molar-refractivity contribution in [1.82, 2.24) is 5.32 Å². The lowest BCUT2D eigenvalue weighted by atomic mass is 10.1. The minimum absolute atomic E-state index is 0.0845. The number of nitrogens with one attached hydrogen (secondary N) is 3. The molecule has 1 aliphatic carbocycles. The van der Waals surface area contributed by atoms with Crippen molar-refractivity contribution in [3.8, 4) is 0 Å². The molecule has 1 unspecified atom stereocenters. The molecule has 0 aliphatic heterocycles. The van der Waals surface area contributed by atoms with Crippen LogP contribution in [0, 0.1) is 5.92 Å². The van der Waals surface area contributed by atoms with Crippen LogP contribution >= 0.6 is 11.6 Å². The van der Waals surface area contributed by atoms with E-state index in [2.05, 4.69) is 16.0 Å². The van der Waals surface area contributed by atoms with E-state index in [4.69, 9.17) is 11.6 Å². The number of anilines is 2. The number of urea groups is 1. The van der Waals surface area contributed by atoms with Crippen molar-refractivity contribution in [2.75, 3.05) is 10.6 Å². The molecule has 0 aromatic heterocycles. The monoisotopic (exact) mass is 357 g/mol. The second kappa shape index (κ2) is 7.57. The molecule has 0 saturated heterocycles. The fourth-order valence-corrected chi connectivity index (χ4v) is 2.55. The smallest absolute Gasteiger partial charge is 0.319 e. The summed E-state index contributed by atoms with van der Waals surface area (Å²) in [6, 6.07) is 14.0. The Balaban J connectivity index is 1.53. The van der Waals surface area contributed by atoms with Crippen molar-refractivity contribution >= 4 is 34.9 Å². The van der Waals surface area contributed by atoms with E-state index in [0.29, 0.717) is 10.7 Å². The summed E-state index contributed by atoms with van der Waals surface area (Å²) in [6.07, 6.45) is 1.96. The molecule has 1 saturated carbocycles. The molecule has 2 aromatic carbocycles. The zero-order chi connectivity index (χ0) is 17.8. The van der Waals surface area contributed by atoms with Crippen LogP contribution in [-0.4, -0.2) is 11.9 Å². The summed E-state index contributed by atoms with van der Waals surface area (Å²) < 4.78 is 0. The number of carbonyl (C=O) groups excluding carboxylic acids is 2. The van der Waals surface area contributed by atoms with Gasteiger partial charge < -0.3 is 16.0 Å². The third-order valence-corrected chi connectivity index (χ3v) is 4.33. The minimum Gasteiger partial charge on any atom is -0.331 e. The highest BCUT2D eigenvalue weighted by Crippen LogP contribution is 2.30. The van der Waals surface area contributed by atoms with E-state index in [-0.39, 0.29) is 23.9 Å². The molecule has 2 aromatic rings. The third-order valence-electron chi connectivity index (χ3n) is 4.08. The van der Waals surface area contributed by atoms with Crippen LogP contribution in [0.25, 0.3) is 0 Å². The van der Waals surface area contributed by atoms with Gasteiger partial charge >= 0.3 is 6.03 Å². The summed E-state index contributed by atoms with van der Waals surface area (Å²) in [5.41, 5.74) is 2.40. The number of carbonyl (C=O) groups is 2. The lowest BCUT2D eigenvalue weighted by Crippen LogP contribution is -2.31. The maximum Gasteiger partial charge on any atom is 0.319 e. The Hall–Kier alpha value is -2.53. The van der Waals surface area contributed by atoms with Crippen molar-refractivity contribution in [3.05, 3.63) is 59.1 Å². The second-order valence-electron chi connectivity index (χ2n) is 6.21. The maximum absolute atomic E-state index is 12.1. The van der Waals surface area contributed by atoms with Crippen LogP contribution in [0.1, 0.15) is 31.4 Å².